The average molecular weight is 481 g/mol. The summed E-state index contributed by atoms with van der Waals surface area (Å²) in [6.45, 7) is 3.98. The zero-order valence-corrected chi connectivity index (χ0v) is 20.8. The Balaban J connectivity index is 1.63. The molecule has 1 atom stereocenters. The predicted molar refractivity (Wildman–Crippen MR) is 144 cm³/mol. The van der Waals surface area contributed by atoms with E-state index in [1.54, 1.807) is 4.90 Å². The van der Waals surface area contributed by atoms with Crippen LogP contribution in [0.25, 0.3) is 10.8 Å². The number of amides is 2. The minimum Gasteiger partial charge on any atom is -0.483 e. The van der Waals surface area contributed by atoms with Gasteiger partial charge in [0.25, 0.3) is 5.91 Å². The van der Waals surface area contributed by atoms with Gasteiger partial charge in [0.15, 0.2) is 6.61 Å². The molecule has 0 bridgehead atoms. The molecule has 5 heteroatoms. The SMILES string of the molecule is CC(C)NC(=O)[C@@H](Cc1ccccc1)N(Cc1ccccc1)C(=O)COc1cccc2ccccc12. The van der Waals surface area contributed by atoms with Crippen LogP contribution in [0.1, 0.15) is 25.0 Å². The molecule has 4 rings (SSSR count). The lowest BCUT2D eigenvalue weighted by Gasteiger charge is -2.32. The molecule has 0 aromatic heterocycles. The molecule has 4 aromatic carbocycles. The lowest BCUT2D eigenvalue weighted by atomic mass is 10.0. The highest BCUT2D eigenvalue weighted by atomic mass is 16.5. The quantitative estimate of drug-likeness (QED) is 0.331. The number of rotatable bonds is 10. The van der Waals surface area contributed by atoms with Crippen LogP contribution in [0.15, 0.2) is 103 Å². The van der Waals surface area contributed by atoms with Gasteiger partial charge in [-0.05, 0) is 36.4 Å². The van der Waals surface area contributed by atoms with Crippen molar-refractivity contribution in [1.82, 2.24) is 10.2 Å². The summed E-state index contributed by atoms with van der Waals surface area (Å²) in [4.78, 5) is 28.7. The molecule has 36 heavy (non-hydrogen) atoms. The molecule has 0 heterocycles. The number of fused-ring (bicyclic) bond motifs is 1. The van der Waals surface area contributed by atoms with Gasteiger partial charge < -0.3 is 15.0 Å². The molecule has 2 amide bonds. The van der Waals surface area contributed by atoms with Crippen molar-refractivity contribution in [2.45, 2.75) is 38.9 Å². The van der Waals surface area contributed by atoms with Crippen molar-refractivity contribution in [3.63, 3.8) is 0 Å². The average Bonchev–Trinajstić information content (AvgIpc) is 2.90. The van der Waals surface area contributed by atoms with Gasteiger partial charge in [-0.15, -0.1) is 0 Å². The molecule has 1 N–H and O–H groups in total. The highest BCUT2D eigenvalue weighted by Gasteiger charge is 2.31. The summed E-state index contributed by atoms with van der Waals surface area (Å²) < 4.78 is 6.04. The van der Waals surface area contributed by atoms with Crippen LogP contribution in [0, 0.1) is 0 Å². The second-order valence-corrected chi connectivity index (χ2v) is 9.14. The maximum atomic E-state index is 13.7. The van der Waals surface area contributed by atoms with Crippen LogP contribution in [0.4, 0.5) is 0 Å². The number of hydrogen-bond acceptors (Lipinski definition) is 3. The van der Waals surface area contributed by atoms with Gasteiger partial charge in [-0.25, -0.2) is 0 Å². The summed E-state index contributed by atoms with van der Waals surface area (Å²) in [5.41, 5.74) is 1.94. The Labute approximate surface area is 212 Å². The third-order valence-electron chi connectivity index (χ3n) is 6.00. The fraction of sp³-hybridized carbons (Fsp3) is 0.226. The van der Waals surface area contributed by atoms with Gasteiger partial charge in [0.05, 0.1) is 0 Å². The maximum Gasteiger partial charge on any atom is 0.261 e. The molecular formula is C31H32N2O3. The first-order valence-corrected chi connectivity index (χ1v) is 12.3. The maximum absolute atomic E-state index is 13.7. The first-order valence-electron chi connectivity index (χ1n) is 12.3. The van der Waals surface area contributed by atoms with E-state index in [1.807, 2.05) is 117 Å². The van der Waals surface area contributed by atoms with Crippen LogP contribution >= 0.6 is 0 Å². The number of nitrogens with zero attached hydrogens (tertiary/aromatic N) is 1. The first kappa shape index (κ1) is 25.0. The predicted octanol–water partition coefficient (Wildman–Crippen LogP) is 5.38. The third kappa shape index (κ3) is 6.51. The number of benzene rings is 4. The summed E-state index contributed by atoms with van der Waals surface area (Å²) >= 11 is 0. The largest absolute Gasteiger partial charge is 0.483 e. The van der Waals surface area contributed by atoms with E-state index in [-0.39, 0.29) is 24.5 Å². The van der Waals surface area contributed by atoms with Crippen molar-refractivity contribution in [3.05, 3.63) is 114 Å². The minimum atomic E-state index is -0.682. The Bertz CT molecular complexity index is 1280. The minimum absolute atomic E-state index is 0.0450. The van der Waals surface area contributed by atoms with Gasteiger partial charge in [-0.1, -0.05) is 97.1 Å². The zero-order valence-electron chi connectivity index (χ0n) is 20.8. The normalized spacial score (nSPS) is 11.8. The molecule has 0 saturated heterocycles. The standard InChI is InChI=1S/C31H32N2O3/c1-23(2)32-31(35)28(20-24-12-5-3-6-13-24)33(21-25-14-7-4-8-15-25)30(34)22-36-29-19-11-17-26-16-9-10-18-27(26)29/h3-19,23,28H,20-22H2,1-2H3,(H,32,35)/t28-/m1/s1. The van der Waals surface area contributed by atoms with Crippen LogP contribution < -0.4 is 10.1 Å². The molecule has 0 saturated carbocycles. The van der Waals surface area contributed by atoms with E-state index in [2.05, 4.69) is 5.32 Å². The molecule has 0 aliphatic carbocycles. The number of ether oxygens (including phenoxy) is 1. The molecule has 5 nitrogen and oxygen atoms in total. The summed E-state index contributed by atoms with van der Waals surface area (Å²) in [5.74, 6) is 0.224. The van der Waals surface area contributed by atoms with Crippen molar-refractivity contribution in [3.8, 4) is 5.75 Å². The van der Waals surface area contributed by atoms with E-state index in [0.717, 1.165) is 21.9 Å². The van der Waals surface area contributed by atoms with Crippen LogP contribution in [0.5, 0.6) is 5.75 Å². The molecule has 0 aliphatic rings. The Kier molecular flexibility index (Phi) is 8.35. The molecular weight excluding hydrogens is 448 g/mol. The summed E-state index contributed by atoms with van der Waals surface area (Å²) in [6.07, 6.45) is 0.409. The highest BCUT2D eigenvalue weighted by molar-refractivity contribution is 5.90. The van der Waals surface area contributed by atoms with Gasteiger partial charge >= 0.3 is 0 Å². The number of nitrogens with one attached hydrogen (secondary N) is 1. The zero-order chi connectivity index (χ0) is 25.3. The van der Waals surface area contributed by atoms with Gasteiger partial charge in [0.1, 0.15) is 11.8 Å². The van der Waals surface area contributed by atoms with E-state index in [9.17, 15) is 9.59 Å². The fourth-order valence-corrected chi connectivity index (χ4v) is 4.26. The smallest absolute Gasteiger partial charge is 0.261 e. The van der Waals surface area contributed by atoms with E-state index < -0.39 is 6.04 Å². The summed E-state index contributed by atoms with van der Waals surface area (Å²) in [6, 6.07) is 32.5. The summed E-state index contributed by atoms with van der Waals surface area (Å²) in [7, 11) is 0. The van der Waals surface area contributed by atoms with Crippen molar-refractivity contribution in [1.29, 1.82) is 0 Å². The van der Waals surface area contributed by atoms with Crippen LogP contribution in [-0.4, -0.2) is 35.4 Å². The molecule has 184 valence electrons. The monoisotopic (exact) mass is 480 g/mol. The third-order valence-corrected chi connectivity index (χ3v) is 6.00. The highest BCUT2D eigenvalue weighted by Crippen LogP contribution is 2.25. The van der Waals surface area contributed by atoms with E-state index >= 15 is 0 Å². The van der Waals surface area contributed by atoms with E-state index in [4.69, 9.17) is 4.74 Å². The molecule has 0 spiro atoms. The van der Waals surface area contributed by atoms with Crippen LogP contribution in [0.3, 0.4) is 0 Å². The number of carbonyl (C=O) groups excluding carboxylic acids is 2. The van der Waals surface area contributed by atoms with E-state index in [0.29, 0.717) is 18.7 Å². The number of hydrogen-bond donors (Lipinski definition) is 1. The van der Waals surface area contributed by atoms with Gasteiger partial charge in [0, 0.05) is 24.4 Å². The lowest BCUT2D eigenvalue weighted by Crippen LogP contribution is -2.52. The van der Waals surface area contributed by atoms with Crippen LogP contribution in [-0.2, 0) is 22.6 Å². The Morgan fingerprint density at radius 2 is 1.39 bits per heavy atom. The Hall–Kier alpha value is -4.12. The van der Waals surface area contributed by atoms with Crippen molar-refractivity contribution in [2.75, 3.05) is 6.61 Å². The Morgan fingerprint density at radius 3 is 2.08 bits per heavy atom. The molecule has 0 fully saturated rings. The Morgan fingerprint density at radius 1 is 0.778 bits per heavy atom. The second-order valence-electron chi connectivity index (χ2n) is 9.14. The lowest BCUT2D eigenvalue weighted by molar-refractivity contribution is -0.143. The van der Waals surface area contributed by atoms with Crippen molar-refractivity contribution < 1.29 is 14.3 Å². The molecule has 0 unspecified atom stereocenters. The number of carbonyl (C=O) groups is 2. The molecule has 0 radical (unpaired) electrons. The first-order chi connectivity index (χ1) is 17.5. The van der Waals surface area contributed by atoms with Crippen molar-refractivity contribution in [2.24, 2.45) is 0 Å². The van der Waals surface area contributed by atoms with Gasteiger partial charge in [-0.2, -0.15) is 0 Å². The topological polar surface area (TPSA) is 58.6 Å². The second kappa shape index (κ2) is 12.0. The summed E-state index contributed by atoms with van der Waals surface area (Å²) in [5, 5.41) is 5.00. The van der Waals surface area contributed by atoms with Gasteiger partial charge in [-0.3, -0.25) is 9.59 Å². The van der Waals surface area contributed by atoms with Gasteiger partial charge in [0.2, 0.25) is 5.91 Å². The molecule has 0 aliphatic heterocycles. The van der Waals surface area contributed by atoms with E-state index in [1.165, 1.54) is 0 Å². The fourth-order valence-electron chi connectivity index (χ4n) is 4.26. The van der Waals surface area contributed by atoms with Crippen molar-refractivity contribution >= 4 is 22.6 Å². The van der Waals surface area contributed by atoms with Crippen LogP contribution in [0.2, 0.25) is 0 Å². The molecule has 4 aromatic rings.